The Hall–Kier alpha value is -2.61. The van der Waals surface area contributed by atoms with Gasteiger partial charge in [-0.05, 0) is 42.5 Å². The number of hydrogen-bond acceptors (Lipinski definition) is 4. The number of aliphatic hydroxyl groups is 1. The van der Waals surface area contributed by atoms with Crippen molar-refractivity contribution in [2.45, 2.75) is 44.3 Å². The van der Waals surface area contributed by atoms with Gasteiger partial charge in [-0.1, -0.05) is 24.3 Å². The lowest BCUT2D eigenvalue weighted by molar-refractivity contribution is -0.169. The zero-order chi connectivity index (χ0) is 21.0. The van der Waals surface area contributed by atoms with Gasteiger partial charge < -0.3 is 19.1 Å². The standard InChI is InChI=1S/C23H24F2N2O3/c24-18-8-9-20(21(25)13-18)23(28,15-27-11-10-26-16-27)19-6-2-1-5-17(19)14-30-22-7-3-4-12-29-22/h1-2,5-6,8-11,13,16,22,28H,3-4,7,12,14-15H2. The number of hydrogen-bond donors (Lipinski definition) is 1. The van der Waals surface area contributed by atoms with Crippen molar-refractivity contribution in [1.29, 1.82) is 0 Å². The molecule has 4 rings (SSSR count). The molecule has 0 spiro atoms. The maximum Gasteiger partial charge on any atom is 0.158 e. The van der Waals surface area contributed by atoms with Crippen LogP contribution in [-0.2, 0) is 28.2 Å². The first-order chi connectivity index (χ1) is 14.6. The van der Waals surface area contributed by atoms with Crippen molar-refractivity contribution in [3.63, 3.8) is 0 Å². The molecule has 1 fully saturated rings. The Kier molecular flexibility index (Phi) is 6.22. The van der Waals surface area contributed by atoms with Gasteiger partial charge in [0.25, 0.3) is 0 Å². The number of aromatic nitrogens is 2. The Morgan fingerprint density at radius 3 is 2.77 bits per heavy atom. The Balaban J connectivity index is 1.71. The number of benzene rings is 2. The van der Waals surface area contributed by atoms with Crippen molar-refractivity contribution < 1.29 is 23.4 Å². The third-order valence-electron chi connectivity index (χ3n) is 5.37. The molecule has 2 aromatic carbocycles. The van der Waals surface area contributed by atoms with E-state index in [1.54, 1.807) is 35.4 Å². The Morgan fingerprint density at radius 2 is 2.03 bits per heavy atom. The molecule has 0 radical (unpaired) electrons. The fourth-order valence-electron chi connectivity index (χ4n) is 3.86. The summed E-state index contributed by atoms with van der Waals surface area (Å²) in [6, 6.07) is 10.4. The third-order valence-corrected chi connectivity index (χ3v) is 5.37. The van der Waals surface area contributed by atoms with Crippen LogP contribution in [0.5, 0.6) is 0 Å². The highest BCUT2D eigenvalue weighted by Crippen LogP contribution is 2.36. The van der Waals surface area contributed by atoms with Crippen molar-refractivity contribution in [3.05, 3.63) is 89.5 Å². The van der Waals surface area contributed by atoms with Crippen molar-refractivity contribution in [2.75, 3.05) is 6.61 Å². The van der Waals surface area contributed by atoms with Crippen LogP contribution in [0.15, 0.2) is 61.2 Å². The van der Waals surface area contributed by atoms with Crippen molar-refractivity contribution in [2.24, 2.45) is 0 Å². The molecule has 5 nitrogen and oxygen atoms in total. The molecule has 1 aliphatic rings. The van der Waals surface area contributed by atoms with Crippen molar-refractivity contribution in [1.82, 2.24) is 9.55 Å². The van der Waals surface area contributed by atoms with E-state index >= 15 is 0 Å². The monoisotopic (exact) mass is 414 g/mol. The summed E-state index contributed by atoms with van der Waals surface area (Å²) < 4.78 is 41.5. The molecule has 1 N–H and O–H groups in total. The second-order valence-electron chi connectivity index (χ2n) is 7.48. The highest BCUT2D eigenvalue weighted by atomic mass is 19.1. The van der Waals surface area contributed by atoms with Gasteiger partial charge >= 0.3 is 0 Å². The van der Waals surface area contributed by atoms with E-state index < -0.39 is 17.2 Å². The fourth-order valence-corrected chi connectivity index (χ4v) is 3.86. The molecule has 158 valence electrons. The third kappa shape index (κ3) is 4.43. The first-order valence-electron chi connectivity index (χ1n) is 10.0. The number of halogens is 2. The van der Waals surface area contributed by atoms with Gasteiger partial charge in [0.15, 0.2) is 6.29 Å². The molecule has 0 bridgehead atoms. The second-order valence-corrected chi connectivity index (χ2v) is 7.48. The maximum atomic E-state index is 14.8. The summed E-state index contributed by atoms with van der Waals surface area (Å²) >= 11 is 0. The minimum absolute atomic E-state index is 0.00644. The topological polar surface area (TPSA) is 56.5 Å². The van der Waals surface area contributed by atoms with Crippen LogP contribution in [0.2, 0.25) is 0 Å². The maximum absolute atomic E-state index is 14.8. The quantitative estimate of drug-likeness (QED) is 0.631. The summed E-state index contributed by atoms with van der Waals surface area (Å²) in [7, 11) is 0. The lowest BCUT2D eigenvalue weighted by Crippen LogP contribution is -2.35. The normalized spacial score (nSPS) is 18.8. The molecule has 2 unspecified atom stereocenters. The van der Waals surface area contributed by atoms with E-state index in [2.05, 4.69) is 4.98 Å². The Morgan fingerprint density at radius 1 is 1.17 bits per heavy atom. The molecule has 1 aliphatic heterocycles. The van der Waals surface area contributed by atoms with Gasteiger partial charge in [0.1, 0.15) is 17.2 Å². The van der Waals surface area contributed by atoms with Crippen LogP contribution >= 0.6 is 0 Å². The van der Waals surface area contributed by atoms with E-state index in [-0.39, 0.29) is 25.0 Å². The molecule has 7 heteroatoms. The summed E-state index contributed by atoms with van der Waals surface area (Å²) in [6.45, 7) is 0.875. The minimum Gasteiger partial charge on any atom is -0.378 e. The molecule has 2 heterocycles. The number of ether oxygens (including phenoxy) is 2. The number of nitrogens with zero attached hydrogens (tertiary/aromatic N) is 2. The number of imidazole rings is 1. The molecule has 30 heavy (non-hydrogen) atoms. The fraction of sp³-hybridized carbons (Fsp3) is 0.348. The van der Waals surface area contributed by atoms with E-state index in [4.69, 9.17) is 9.47 Å². The molecular weight excluding hydrogens is 390 g/mol. The van der Waals surface area contributed by atoms with E-state index in [1.165, 1.54) is 6.07 Å². The summed E-state index contributed by atoms with van der Waals surface area (Å²) in [5.41, 5.74) is -0.580. The highest BCUT2D eigenvalue weighted by molar-refractivity contribution is 5.41. The molecule has 1 saturated heterocycles. The van der Waals surface area contributed by atoms with Crippen molar-refractivity contribution in [3.8, 4) is 0 Å². The Bertz CT molecular complexity index is 974. The van der Waals surface area contributed by atoms with Gasteiger partial charge in [-0.3, -0.25) is 0 Å². The molecular formula is C23H24F2N2O3. The first kappa shape index (κ1) is 20.7. The van der Waals surface area contributed by atoms with E-state index in [0.29, 0.717) is 17.7 Å². The summed E-state index contributed by atoms with van der Waals surface area (Å²) in [4.78, 5) is 4.01. The molecule has 3 aromatic rings. The van der Waals surface area contributed by atoms with Gasteiger partial charge in [-0.25, -0.2) is 13.8 Å². The van der Waals surface area contributed by atoms with E-state index in [0.717, 1.165) is 31.4 Å². The summed E-state index contributed by atoms with van der Waals surface area (Å²) in [6.07, 6.45) is 7.38. The van der Waals surface area contributed by atoms with Crippen molar-refractivity contribution >= 4 is 0 Å². The van der Waals surface area contributed by atoms with E-state index in [1.807, 2.05) is 12.1 Å². The van der Waals surface area contributed by atoms with Crippen LogP contribution in [-0.4, -0.2) is 27.6 Å². The van der Waals surface area contributed by atoms with Crippen LogP contribution in [0, 0.1) is 11.6 Å². The van der Waals surface area contributed by atoms with E-state index in [9.17, 15) is 13.9 Å². The number of rotatable bonds is 7. The van der Waals surface area contributed by atoms with Gasteiger partial charge in [-0.15, -0.1) is 0 Å². The highest BCUT2D eigenvalue weighted by Gasteiger charge is 2.37. The largest absolute Gasteiger partial charge is 0.378 e. The van der Waals surface area contributed by atoms with Crippen LogP contribution in [0.3, 0.4) is 0 Å². The minimum atomic E-state index is -1.76. The van der Waals surface area contributed by atoms with Gasteiger partial charge in [-0.2, -0.15) is 0 Å². The lowest BCUT2D eigenvalue weighted by Gasteiger charge is -2.32. The summed E-state index contributed by atoms with van der Waals surface area (Å²) in [5, 5.41) is 11.8. The SMILES string of the molecule is OC(Cn1ccnc1)(c1ccc(F)cc1F)c1ccccc1COC1CCCCO1. The molecule has 1 aromatic heterocycles. The first-order valence-corrected chi connectivity index (χ1v) is 10.0. The van der Waals surface area contributed by atoms with Gasteiger partial charge in [0.2, 0.25) is 0 Å². The van der Waals surface area contributed by atoms with Crippen LogP contribution in [0.1, 0.15) is 36.0 Å². The average molecular weight is 414 g/mol. The molecule has 0 aliphatic carbocycles. The van der Waals surface area contributed by atoms with Crippen LogP contribution in [0.25, 0.3) is 0 Å². The molecule has 0 saturated carbocycles. The molecule has 0 amide bonds. The smallest absolute Gasteiger partial charge is 0.158 e. The van der Waals surface area contributed by atoms with Crippen LogP contribution in [0.4, 0.5) is 8.78 Å². The zero-order valence-electron chi connectivity index (χ0n) is 16.5. The van der Waals surface area contributed by atoms with Crippen LogP contribution < -0.4 is 0 Å². The van der Waals surface area contributed by atoms with Gasteiger partial charge in [0, 0.05) is 30.6 Å². The van der Waals surface area contributed by atoms with Gasteiger partial charge in [0.05, 0.1) is 19.5 Å². The lowest BCUT2D eigenvalue weighted by atomic mass is 9.83. The second kappa shape index (κ2) is 9.04. The predicted molar refractivity (Wildman–Crippen MR) is 106 cm³/mol. The average Bonchev–Trinajstić information content (AvgIpc) is 3.26. The predicted octanol–water partition coefficient (Wildman–Crippen LogP) is 4.14. The zero-order valence-corrected chi connectivity index (χ0v) is 16.5. The molecule has 2 atom stereocenters. The Labute approximate surface area is 173 Å². The summed E-state index contributed by atoms with van der Waals surface area (Å²) in [5.74, 6) is -1.52.